The molecule has 1 aromatic rings. The highest BCUT2D eigenvalue weighted by Gasteiger charge is 2.32. The largest absolute Gasteiger partial charge is 0.338 e. The molecule has 21 heavy (non-hydrogen) atoms. The molecule has 1 atom stereocenters. The van der Waals surface area contributed by atoms with E-state index in [-0.39, 0.29) is 12.1 Å². The van der Waals surface area contributed by atoms with Gasteiger partial charge in [-0.25, -0.2) is 4.79 Å². The van der Waals surface area contributed by atoms with Gasteiger partial charge in [-0.1, -0.05) is 5.16 Å². The first kappa shape index (κ1) is 14.3. The molecule has 2 aliphatic rings. The van der Waals surface area contributed by atoms with E-state index in [1.165, 1.54) is 12.8 Å². The number of hydrogen-bond donors (Lipinski definition) is 0. The average Bonchev–Trinajstić information content (AvgIpc) is 3.23. The summed E-state index contributed by atoms with van der Waals surface area (Å²) in [6.45, 7) is 5.24. The number of rotatable bonds is 3. The lowest BCUT2D eigenvalue weighted by atomic mass is 10.2. The van der Waals surface area contributed by atoms with Crippen LogP contribution in [0.4, 0.5) is 4.79 Å². The van der Waals surface area contributed by atoms with Gasteiger partial charge in [-0.2, -0.15) is 4.98 Å². The lowest BCUT2D eigenvalue weighted by molar-refractivity contribution is 0.0912. The molecule has 0 bridgehead atoms. The minimum atomic E-state index is 0.0797. The van der Waals surface area contributed by atoms with Gasteiger partial charge in [-0.15, -0.1) is 0 Å². The van der Waals surface area contributed by atoms with Gasteiger partial charge in [-0.05, 0) is 19.8 Å². The number of amides is 2. The molecule has 116 valence electrons. The predicted molar refractivity (Wildman–Crippen MR) is 76.9 cm³/mol. The van der Waals surface area contributed by atoms with Crippen LogP contribution in [-0.2, 0) is 0 Å². The van der Waals surface area contributed by atoms with Crippen molar-refractivity contribution in [3.8, 4) is 0 Å². The van der Waals surface area contributed by atoms with Crippen molar-refractivity contribution in [1.29, 1.82) is 0 Å². The fourth-order valence-corrected chi connectivity index (χ4v) is 2.66. The molecule has 0 aromatic carbocycles. The number of piperazine rings is 1. The molecule has 0 N–H and O–H groups in total. The van der Waals surface area contributed by atoms with E-state index in [1.807, 2.05) is 4.90 Å². The van der Waals surface area contributed by atoms with Gasteiger partial charge in [0.15, 0.2) is 5.82 Å². The van der Waals surface area contributed by atoms with Gasteiger partial charge >= 0.3 is 6.03 Å². The summed E-state index contributed by atoms with van der Waals surface area (Å²) in [5.74, 6) is 2.08. The first-order valence-corrected chi connectivity index (χ1v) is 7.60. The second kappa shape index (κ2) is 5.63. The zero-order valence-corrected chi connectivity index (χ0v) is 12.9. The molecule has 7 heteroatoms. The van der Waals surface area contributed by atoms with E-state index >= 15 is 0 Å². The van der Waals surface area contributed by atoms with E-state index in [0.29, 0.717) is 11.8 Å². The van der Waals surface area contributed by atoms with Crippen LogP contribution in [0.3, 0.4) is 0 Å². The molecule has 7 nitrogen and oxygen atoms in total. The maximum Gasteiger partial charge on any atom is 0.319 e. The highest BCUT2D eigenvalue weighted by Crippen LogP contribution is 2.38. The first-order valence-electron chi connectivity index (χ1n) is 7.60. The van der Waals surface area contributed by atoms with Crippen LogP contribution in [0, 0.1) is 0 Å². The molecular weight excluding hydrogens is 270 g/mol. The summed E-state index contributed by atoms with van der Waals surface area (Å²) in [5.41, 5.74) is 0. The minimum absolute atomic E-state index is 0.0797. The van der Waals surface area contributed by atoms with Crippen LogP contribution in [0.5, 0.6) is 0 Å². The summed E-state index contributed by atoms with van der Waals surface area (Å²) >= 11 is 0. The zero-order valence-electron chi connectivity index (χ0n) is 12.9. The molecule has 0 radical (unpaired) electrons. The number of carbonyl (C=O) groups is 1. The summed E-state index contributed by atoms with van der Waals surface area (Å²) in [5, 5.41) is 4.08. The Hall–Kier alpha value is -1.63. The van der Waals surface area contributed by atoms with Crippen molar-refractivity contribution < 1.29 is 9.32 Å². The van der Waals surface area contributed by atoms with Gasteiger partial charge in [0.1, 0.15) is 0 Å². The first-order chi connectivity index (χ1) is 10.1. The summed E-state index contributed by atoms with van der Waals surface area (Å²) in [6.07, 6.45) is 2.36. The van der Waals surface area contributed by atoms with Crippen molar-refractivity contribution in [2.24, 2.45) is 0 Å². The van der Waals surface area contributed by atoms with Crippen LogP contribution in [-0.4, -0.2) is 71.1 Å². The van der Waals surface area contributed by atoms with E-state index in [2.05, 4.69) is 22.0 Å². The van der Waals surface area contributed by atoms with Gasteiger partial charge in [0.25, 0.3) is 0 Å². The Labute approximate surface area is 124 Å². The Balaban J connectivity index is 1.56. The van der Waals surface area contributed by atoms with E-state index in [0.717, 1.165) is 32.0 Å². The number of urea groups is 1. The summed E-state index contributed by atoms with van der Waals surface area (Å²) in [6, 6.07) is 0.192. The van der Waals surface area contributed by atoms with Crippen molar-refractivity contribution in [1.82, 2.24) is 24.8 Å². The second-order valence-electron chi connectivity index (χ2n) is 6.14. The maximum atomic E-state index is 11.9. The van der Waals surface area contributed by atoms with Crippen LogP contribution in [0.15, 0.2) is 4.52 Å². The lowest BCUT2D eigenvalue weighted by Gasteiger charge is -2.37. The fraction of sp³-hybridized carbons (Fsp3) is 0.786. The molecule has 2 heterocycles. The average molecular weight is 293 g/mol. The number of hydrogen-bond acceptors (Lipinski definition) is 5. The Bertz CT molecular complexity index is 503. The third-order valence-corrected chi connectivity index (χ3v) is 4.27. The van der Waals surface area contributed by atoms with Crippen molar-refractivity contribution in [3.63, 3.8) is 0 Å². The normalized spacial score (nSPS) is 21.4. The van der Waals surface area contributed by atoms with Crippen LogP contribution >= 0.6 is 0 Å². The van der Waals surface area contributed by atoms with Crippen LogP contribution < -0.4 is 0 Å². The van der Waals surface area contributed by atoms with Crippen LogP contribution in [0.25, 0.3) is 0 Å². The van der Waals surface area contributed by atoms with E-state index in [4.69, 9.17) is 4.52 Å². The molecular formula is C14H23N5O2. The fourth-order valence-electron chi connectivity index (χ4n) is 2.66. The molecule has 1 aromatic heterocycles. The van der Waals surface area contributed by atoms with Crippen molar-refractivity contribution >= 4 is 6.03 Å². The van der Waals surface area contributed by atoms with Crippen LogP contribution in [0.2, 0.25) is 0 Å². The maximum absolute atomic E-state index is 11.9. The smallest absolute Gasteiger partial charge is 0.319 e. The summed E-state index contributed by atoms with van der Waals surface area (Å²) in [4.78, 5) is 22.2. The third-order valence-electron chi connectivity index (χ3n) is 4.27. The van der Waals surface area contributed by atoms with Gasteiger partial charge < -0.3 is 14.3 Å². The molecule has 1 saturated carbocycles. The third kappa shape index (κ3) is 3.02. The lowest BCUT2D eigenvalue weighted by Crippen LogP contribution is -2.51. The standard InChI is InChI=1S/C14H23N5O2/c1-10(13-15-12(16-21-13)11-4-5-11)18-6-8-19(9-7-18)14(20)17(2)3/h10-11H,4-9H2,1-3H3. The highest BCUT2D eigenvalue weighted by molar-refractivity contribution is 5.73. The Morgan fingerprint density at radius 2 is 1.95 bits per heavy atom. The second-order valence-corrected chi connectivity index (χ2v) is 6.14. The topological polar surface area (TPSA) is 65.7 Å². The number of carbonyl (C=O) groups excluding carboxylic acids is 1. The molecule has 2 amide bonds. The Morgan fingerprint density at radius 3 is 2.52 bits per heavy atom. The summed E-state index contributed by atoms with van der Waals surface area (Å²) in [7, 11) is 3.57. The minimum Gasteiger partial charge on any atom is -0.338 e. The van der Waals surface area contributed by atoms with Gasteiger partial charge in [-0.3, -0.25) is 4.90 Å². The molecule has 3 rings (SSSR count). The number of aromatic nitrogens is 2. The molecule has 2 fully saturated rings. The molecule has 1 saturated heterocycles. The van der Waals surface area contributed by atoms with Crippen molar-refractivity contribution in [2.75, 3.05) is 40.3 Å². The van der Waals surface area contributed by atoms with Gasteiger partial charge in [0.05, 0.1) is 6.04 Å². The molecule has 0 spiro atoms. The molecule has 1 aliphatic heterocycles. The van der Waals surface area contributed by atoms with Gasteiger partial charge in [0, 0.05) is 46.2 Å². The summed E-state index contributed by atoms with van der Waals surface area (Å²) < 4.78 is 5.40. The molecule has 1 unspecified atom stereocenters. The zero-order chi connectivity index (χ0) is 15.0. The van der Waals surface area contributed by atoms with E-state index < -0.39 is 0 Å². The van der Waals surface area contributed by atoms with Crippen molar-refractivity contribution in [2.45, 2.75) is 31.7 Å². The SMILES string of the molecule is CC(c1nc(C2CC2)no1)N1CCN(C(=O)N(C)C)CC1. The van der Waals surface area contributed by atoms with Gasteiger partial charge in [0.2, 0.25) is 5.89 Å². The van der Waals surface area contributed by atoms with E-state index in [9.17, 15) is 4.79 Å². The Kier molecular flexibility index (Phi) is 3.84. The van der Waals surface area contributed by atoms with E-state index in [1.54, 1.807) is 19.0 Å². The van der Waals surface area contributed by atoms with Crippen molar-refractivity contribution in [3.05, 3.63) is 11.7 Å². The highest BCUT2D eigenvalue weighted by atomic mass is 16.5. The molecule has 1 aliphatic carbocycles. The Morgan fingerprint density at radius 1 is 1.29 bits per heavy atom. The monoisotopic (exact) mass is 293 g/mol. The van der Waals surface area contributed by atoms with Crippen LogP contribution in [0.1, 0.15) is 43.4 Å². The number of nitrogens with zero attached hydrogens (tertiary/aromatic N) is 5. The predicted octanol–water partition coefficient (Wildman–Crippen LogP) is 1.31. The quantitative estimate of drug-likeness (QED) is 0.840.